The highest BCUT2D eigenvalue weighted by Gasteiger charge is 2.35. The molecule has 0 fully saturated rings. The maximum atomic E-state index is 14.1. The summed E-state index contributed by atoms with van der Waals surface area (Å²) in [7, 11) is 0. The van der Waals surface area contributed by atoms with Crippen molar-refractivity contribution in [3.63, 3.8) is 0 Å². The second-order valence-electron chi connectivity index (χ2n) is 18.9. The molecule has 0 saturated heterocycles. The molecule has 0 aliphatic heterocycles. The van der Waals surface area contributed by atoms with Crippen LogP contribution in [-0.2, 0) is 38.2 Å². The minimum absolute atomic E-state index is 0.0421. The number of hydrogen-bond acceptors (Lipinski definition) is 11. The minimum atomic E-state index is -1.45. The number of halogens is 1. The van der Waals surface area contributed by atoms with Gasteiger partial charge in [0.2, 0.25) is 23.6 Å². The standard InChI is InChI=1S/C47H70ClN7O11/c1-28(24-26-56)51-40(59)35(15-13-14-25-49-43(62)65-46(7,8)9)53-38(57)29(2)52-42(61)37(30(3)64-45(4,5)6)55-41(60)36(27-50-44(63)66-47(10,11)12)54-39(58)33-18-16-31(17-19-33)32-20-22-34(48)23-21-32/h16-23,26,28-30,35-37H,13-15,24-25,27H2,1-12H3,(H,49,62)(H,50,63)(H,51,59)(H,52,61)(H,53,57)(H,54,58)(H,55,60)/t28-,29-,30+,35-,36-,37-/m0/s1. The third-order valence-corrected chi connectivity index (χ3v) is 9.45. The minimum Gasteiger partial charge on any atom is -0.444 e. The van der Waals surface area contributed by atoms with Gasteiger partial charge in [0.1, 0.15) is 41.7 Å². The van der Waals surface area contributed by atoms with Crippen molar-refractivity contribution in [3.8, 4) is 11.1 Å². The molecule has 0 radical (unpaired) electrons. The van der Waals surface area contributed by atoms with Crippen molar-refractivity contribution < 1.29 is 52.6 Å². The molecule has 0 aromatic heterocycles. The summed E-state index contributed by atoms with van der Waals surface area (Å²) in [6.45, 7) is 19.8. The zero-order valence-corrected chi connectivity index (χ0v) is 41.0. The molecule has 0 aliphatic rings. The smallest absolute Gasteiger partial charge is 0.407 e. The first-order chi connectivity index (χ1) is 30.6. The van der Waals surface area contributed by atoms with Crippen LogP contribution in [0.15, 0.2) is 48.5 Å². The van der Waals surface area contributed by atoms with Gasteiger partial charge >= 0.3 is 12.2 Å². The molecule has 2 rings (SSSR count). The largest absolute Gasteiger partial charge is 0.444 e. The second kappa shape index (κ2) is 25.8. The molecule has 66 heavy (non-hydrogen) atoms. The molecule has 0 spiro atoms. The molecule has 7 amide bonds. The van der Waals surface area contributed by atoms with Gasteiger partial charge in [-0.05, 0) is 138 Å². The number of ether oxygens (including phenoxy) is 3. The van der Waals surface area contributed by atoms with E-state index in [-0.39, 0.29) is 24.9 Å². The predicted molar refractivity (Wildman–Crippen MR) is 251 cm³/mol. The van der Waals surface area contributed by atoms with Crippen molar-refractivity contribution in [2.75, 3.05) is 13.1 Å². The Morgan fingerprint density at radius 3 is 1.67 bits per heavy atom. The van der Waals surface area contributed by atoms with Crippen LogP contribution < -0.4 is 37.2 Å². The molecule has 0 heterocycles. The van der Waals surface area contributed by atoms with Crippen LogP contribution in [0.25, 0.3) is 11.1 Å². The first-order valence-corrected chi connectivity index (χ1v) is 22.4. The Morgan fingerprint density at radius 2 is 1.14 bits per heavy atom. The summed E-state index contributed by atoms with van der Waals surface area (Å²) < 4.78 is 16.7. The lowest BCUT2D eigenvalue weighted by Gasteiger charge is -2.32. The third kappa shape index (κ3) is 22.0. The van der Waals surface area contributed by atoms with Crippen molar-refractivity contribution in [1.29, 1.82) is 0 Å². The number of carbonyl (C=O) groups excluding carboxylic acids is 8. The highest BCUT2D eigenvalue weighted by Crippen LogP contribution is 2.22. The summed E-state index contributed by atoms with van der Waals surface area (Å²) in [6.07, 6.45) is -0.781. The van der Waals surface area contributed by atoms with Crippen molar-refractivity contribution in [2.45, 2.75) is 162 Å². The van der Waals surface area contributed by atoms with Gasteiger partial charge in [0, 0.05) is 29.6 Å². The molecule has 0 saturated carbocycles. The van der Waals surface area contributed by atoms with E-state index < -0.39 is 101 Å². The molecular weight excluding hydrogens is 874 g/mol. The molecule has 366 valence electrons. The Bertz CT molecular complexity index is 1960. The number of alkyl carbamates (subject to hydrolysis) is 2. The molecule has 0 bridgehead atoms. The van der Waals surface area contributed by atoms with Crippen LogP contribution in [0.3, 0.4) is 0 Å². The van der Waals surface area contributed by atoms with Gasteiger partial charge in [0.15, 0.2) is 0 Å². The zero-order valence-electron chi connectivity index (χ0n) is 40.3. The van der Waals surface area contributed by atoms with Crippen LogP contribution >= 0.6 is 11.6 Å². The van der Waals surface area contributed by atoms with E-state index in [9.17, 15) is 38.4 Å². The van der Waals surface area contributed by atoms with Gasteiger partial charge in [-0.2, -0.15) is 0 Å². The van der Waals surface area contributed by atoms with Gasteiger partial charge in [-0.3, -0.25) is 24.0 Å². The fourth-order valence-corrected chi connectivity index (χ4v) is 6.27. The summed E-state index contributed by atoms with van der Waals surface area (Å²) in [5.74, 6) is -3.66. The topological polar surface area (TPSA) is 248 Å². The van der Waals surface area contributed by atoms with Crippen molar-refractivity contribution in [3.05, 3.63) is 59.1 Å². The molecule has 2 aromatic carbocycles. The van der Waals surface area contributed by atoms with Crippen LogP contribution in [0.5, 0.6) is 0 Å². The maximum absolute atomic E-state index is 14.1. The molecule has 0 unspecified atom stereocenters. The summed E-state index contributed by atoms with van der Waals surface area (Å²) in [5.41, 5.74) is -0.493. The number of nitrogens with one attached hydrogen (secondary N) is 7. The van der Waals surface area contributed by atoms with E-state index >= 15 is 0 Å². The molecular formula is C47H70ClN7O11. The van der Waals surface area contributed by atoms with Gasteiger partial charge in [-0.15, -0.1) is 0 Å². The number of rotatable bonds is 22. The average Bonchev–Trinajstić information content (AvgIpc) is 3.18. The van der Waals surface area contributed by atoms with E-state index in [0.717, 1.165) is 11.1 Å². The fraction of sp³-hybridized carbons (Fsp3) is 0.574. The summed E-state index contributed by atoms with van der Waals surface area (Å²) in [6, 6.07) is 7.99. The number of unbranched alkanes of at least 4 members (excludes halogenated alkanes) is 1. The SMILES string of the molecule is C[C@H](NC(=O)[C@@H](NC(=O)[C@H](CNC(=O)OC(C)(C)C)NC(=O)c1ccc(-c2ccc(Cl)cc2)cc1)[C@@H](C)OC(C)(C)C)C(=O)N[C@@H](CCCCNC(=O)OC(C)(C)C)C(=O)N[C@@H](C)CC=O. The van der Waals surface area contributed by atoms with Gasteiger partial charge in [0.25, 0.3) is 5.91 Å². The number of aldehydes is 1. The van der Waals surface area contributed by atoms with Gasteiger partial charge in [-0.25, -0.2) is 9.59 Å². The Kier molecular flexibility index (Phi) is 22.1. The summed E-state index contributed by atoms with van der Waals surface area (Å²) in [5, 5.41) is 19.0. The van der Waals surface area contributed by atoms with E-state index in [4.69, 9.17) is 25.8 Å². The van der Waals surface area contributed by atoms with E-state index in [0.29, 0.717) is 24.2 Å². The van der Waals surface area contributed by atoms with Crippen LogP contribution in [0.4, 0.5) is 9.59 Å². The number of carbonyl (C=O) groups is 8. The highest BCUT2D eigenvalue weighted by molar-refractivity contribution is 6.30. The Morgan fingerprint density at radius 1 is 0.606 bits per heavy atom. The number of amides is 7. The van der Waals surface area contributed by atoms with Crippen molar-refractivity contribution in [1.82, 2.24) is 37.2 Å². The Hall–Kier alpha value is -5.75. The maximum Gasteiger partial charge on any atom is 0.407 e. The predicted octanol–water partition coefficient (Wildman–Crippen LogP) is 5.10. The third-order valence-electron chi connectivity index (χ3n) is 9.20. The lowest BCUT2D eigenvalue weighted by molar-refractivity contribution is -0.139. The van der Waals surface area contributed by atoms with Crippen LogP contribution in [0, 0.1) is 0 Å². The number of benzene rings is 2. The van der Waals surface area contributed by atoms with Crippen LogP contribution in [0.1, 0.15) is 119 Å². The summed E-state index contributed by atoms with van der Waals surface area (Å²) >= 11 is 6.03. The quantitative estimate of drug-likeness (QED) is 0.0605. The first-order valence-electron chi connectivity index (χ1n) is 22.0. The molecule has 18 nitrogen and oxygen atoms in total. The van der Waals surface area contributed by atoms with E-state index in [1.54, 1.807) is 113 Å². The molecule has 7 N–H and O–H groups in total. The van der Waals surface area contributed by atoms with Crippen molar-refractivity contribution in [2.24, 2.45) is 0 Å². The first kappa shape index (κ1) is 56.4. The number of hydrogen-bond donors (Lipinski definition) is 7. The van der Waals surface area contributed by atoms with Gasteiger partial charge < -0.3 is 56.2 Å². The molecule has 6 atom stereocenters. The van der Waals surface area contributed by atoms with E-state index in [1.807, 2.05) is 12.1 Å². The molecule has 0 aliphatic carbocycles. The monoisotopic (exact) mass is 943 g/mol. The highest BCUT2D eigenvalue weighted by atomic mass is 35.5. The van der Waals surface area contributed by atoms with Crippen LogP contribution in [0.2, 0.25) is 5.02 Å². The lowest BCUT2D eigenvalue weighted by atomic mass is 10.0. The Balaban J connectivity index is 2.32. The normalized spacial score (nSPS) is 14.4. The Labute approximate surface area is 393 Å². The second-order valence-corrected chi connectivity index (χ2v) is 19.4. The average molecular weight is 945 g/mol. The lowest BCUT2D eigenvalue weighted by Crippen LogP contribution is -2.62. The summed E-state index contributed by atoms with van der Waals surface area (Å²) in [4.78, 5) is 105. The zero-order chi connectivity index (χ0) is 50.0. The van der Waals surface area contributed by atoms with Gasteiger partial charge in [0.05, 0.1) is 18.2 Å². The molecule has 2 aromatic rings. The van der Waals surface area contributed by atoms with Gasteiger partial charge in [-0.1, -0.05) is 35.9 Å². The van der Waals surface area contributed by atoms with E-state index in [2.05, 4.69) is 37.2 Å². The fourth-order valence-electron chi connectivity index (χ4n) is 6.14. The van der Waals surface area contributed by atoms with Crippen LogP contribution in [-0.4, -0.2) is 114 Å². The van der Waals surface area contributed by atoms with E-state index in [1.165, 1.54) is 6.92 Å². The van der Waals surface area contributed by atoms with Crippen molar-refractivity contribution >= 4 is 59.6 Å². The molecule has 19 heteroatoms.